The van der Waals surface area contributed by atoms with E-state index < -0.39 is 18.0 Å². The van der Waals surface area contributed by atoms with Gasteiger partial charge in [0.1, 0.15) is 5.82 Å². The number of nitrogens with one attached hydrogen (secondary N) is 2. The van der Waals surface area contributed by atoms with Crippen molar-refractivity contribution in [3.63, 3.8) is 0 Å². The molecule has 21 heavy (non-hydrogen) atoms. The predicted octanol–water partition coefficient (Wildman–Crippen LogP) is 2.24. The predicted molar refractivity (Wildman–Crippen MR) is 78.9 cm³/mol. The van der Waals surface area contributed by atoms with Crippen molar-refractivity contribution in [2.24, 2.45) is 0 Å². The average Bonchev–Trinajstić information content (AvgIpc) is 2.45. The Bertz CT molecular complexity index is 474. The molecule has 0 saturated carbocycles. The first-order valence-electron chi connectivity index (χ1n) is 6.60. The third-order valence-electron chi connectivity index (χ3n) is 2.92. The molecule has 7 heteroatoms. The third kappa shape index (κ3) is 6.29. The lowest BCUT2D eigenvalue weighted by Crippen LogP contribution is -2.42. The van der Waals surface area contributed by atoms with E-state index in [0.717, 1.165) is 6.07 Å². The van der Waals surface area contributed by atoms with Crippen LogP contribution < -0.4 is 10.6 Å². The van der Waals surface area contributed by atoms with Crippen LogP contribution in [-0.2, 0) is 4.74 Å². The van der Waals surface area contributed by atoms with Gasteiger partial charge in [-0.05, 0) is 31.0 Å². The summed E-state index contributed by atoms with van der Waals surface area (Å²) in [6, 6.07) is 3.58. The van der Waals surface area contributed by atoms with Gasteiger partial charge in [0.2, 0.25) is 0 Å². The van der Waals surface area contributed by atoms with Gasteiger partial charge in [0.05, 0.1) is 11.1 Å². The summed E-state index contributed by atoms with van der Waals surface area (Å²) in [4.78, 5) is 11.6. The number of methoxy groups -OCH3 is 1. The first kappa shape index (κ1) is 17.7. The number of rotatable bonds is 7. The molecule has 1 rings (SSSR count). The van der Waals surface area contributed by atoms with Gasteiger partial charge in [-0.2, -0.15) is 0 Å². The maximum atomic E-state index is 13.3. The van der Waals surface area contributed by atoms with Crippen LogP contribution in [0.3, 0.4) is 0 Å². The van der Waals surface area contributed by atoms with Crippen molar-refractivity contribution in [1.29, 1.82) is 0 Å². The van der Waals surface area contributed by atoms with E-state index in [-0.39, 0.29) is 17.6 Å². The molecule has 2 amide bonds. The zero-order chi connectivity index (χ0) is 15.8. The molecule has 0 radical (unpaired) electrons. The van der Waals surface area contributed by atoms with Gasteiger partial charge in [0, 0.05) is 26.3 Å². The van der Waals surface area contributed by atoms with Gasteiger partial charge < -0.3 is 20.5 Å². The zero-order valence-electron chi connectivity index (χ0n) is 12.0. The number of carbonyl (C=O) groups is 1. The number of urea groups is 1. The van der Waals surface area contributed by atoms with Crippen molar-refractivity contribution in [1.82, 2.24) is 10.6 Å². The fraction of sp³-hybridized carbons (Fsp3) is 0.500. The Balaban J connectivity index is 2.39. The number of benzene rings is 1. The summed E-state index contributed by atoms with van der Waals surface area (Å²) in [5.74, 6) is -0.606. The molecule has 0 aliphatic carbocycles. The normalized spacial score (nSPS) is 13.6. The van der Waals surface area contributed by atoms with Crippen molar-refractivity contribution < 1.29 is 19.0 Å². The Kier molecular flexibility index (Phi) is 7.42. The summed E-state index contributed by atoms with van der Waals surface area (Å²) in [7, 11) is 1.59. The number of hydrogen-bond acceptors (Lipinski definition) is 3. The number of halogens is 2. The summed E-state index contributed by atoms with van der Waals surface area (Å²) < 4.78 is 18.2. The molecule has 1 aromatic rings. The highest BCUT2D eigenvalue weighted by Gasteiger charge is 2.12. The molecule has 0 aliphatic rings. The van der Waals surface area contributed by atoms with E-state index in [1.807, 2.05) is 6.92 Å². The molecule has 0 aromatic heterocycles. The third-order valence-corrected chi connectivity index (χ3v) is 3.22. The van der Waals surface area contributed by atoms with Crippen LogP contribution >= 0.6 is 11.6 Å². The molecule has 0 heterocycles. The second kappa shape index (κ2) is 8.81. The van der Waals surface area contributed by atoms with Crippen LogP contribution in [0.2, 0.25) is 5.02 Å². The van der Waals surface area contributed by atoms with Gasteiger partial charge in [0.15, 0.2) is 0 Å². The van der Waals surface area contributed by atoms with Crippen LogP contribution in [0.15, 0.2) is 18.2 Å². The molecule has 2 unspecified atom stereocenters. The van der Waals surface area contributed by atoms with Crippen molar-refractivity contribution in [2.75, 3.05) is 20.3 Å². The van der Waals surface area contributed by atoms with Crippen molar-refractivity contribution in [2.45, 2.75) is 25.5 Å². The Morgan fingerprint density at radius 2 is 2.24 bits per heavy atom. The van der Waals surface area contributed by atoms with Gasteiger partial charge in [0.25, 0.3) is 0 Å². The second-order valence-electron chi connectivity index (χ2n) is 4.73. The van der Waals surface area contributed by atoms with E-state index in [0.29, 0.717) is 18.6 Å². The topological polar surface area (TPSA) is 70.6 Å². The molecule has 1 aromatic carbocycles. The number of aliphatic hydroxyl groups is 1. The summed E-state index contributed by atoms with van der Waals surface area (Å²) in [5.41, 5.74) is 0.352. The highest BCUT2D eigenvalue weighted by atomic mass is 35.5. The van der Waals surface area contributed by atoms with Gasteiger partial charge in [-0.25, -0.2) is 9.18 Å². The number of carbonyl (C=O) groups excluding carboxylic acids is 1. The minimum atomic E-state index is -1.00. The zero-order valence-corrected chi connectivity index (χ0v) is 12.8. The van der Waals surface area contributed by atoms with E-state index in [9.17, 15) is 14.3 Å². The van der Waals surface area contributed by atoms with Crippen LogP contribution in [0.5, 0.6) is 0 Å². The molecular formula is C14H20ClFN2O3. The molecule has 2 atom stereocenters. The Hall–Kier alpha value is -1.37. The molecule has 3 N–H and O–H groups in total. The smallest absolute Gasteiger partial charge is 0.315 e. The molecule has 0 fully saturated rings. The van der Waals surface area contributed by atoms with E-state index in [1.165, 1.54) is 12.1 Å². The highest BCUT2D eigenvalue weighted by Crippen LogP contribution is 2.19. The summed E-state index contributed by atoms with van der Waals surface area (Å²) >= 11 is 5.57. The van der Waals surface area contributed by atoms with Crippen LogP contribution in [0.1, 0.15) is 25.0 Å². The summed E-state index contributed by atoms with van der Waals surface area (Å²) in [5, 5.41) is 15.1. The van der Waals surface area contributed by atoms with Crippen LogP contribution in [0.4, 0.5) is 9.18 Å². The maximum Gasteiger partial charge on any atom is 0.315 e. The lowest BCUT2D eigenvalue weighted by atomic mass is 10.1. The van der Waals surface area contributed by atoms with Crippen molar-refractivity contribution in [3.05, 3.63) is 34.6 Å². The number of hydrogen-bond donors (Lipinski definition) is 3. The minimum absolute atomic E-state index is 0.0105. The SMILES string of the molecule is COCCC(C)NC(=O)NCC(O)c1ccc(Cl)c(F)c1. The summed E-state index contributed by atoms with van der Waals surface area (Å²) in [6.45, 7) is 2.38. The highest BCUT2D eigenvalue weighted by molar-refractivity contribution is 6.30. The Labute approximate surface area is 128 Å². The lowest BCUT2D eigenvalue weighted by molar-refractivity contribution is 0.169. The van der Waals surface area contributed by atoms with Gasteiger partial charge in [-0.1, -0.05) is 17.7 Å². The van der Waals surface area contributed by atoms with E-state index in [1.54, 1.807) is 7.11 Å². The minimum Gasteiger partial charge on any atom is -0.387 e. The van der Waals surface area contributed by atoms with Crippen molar-refractivity contribution in [3.8, 4) is 0 Å². The average molecular weight is 319 g/mol. The van der Waals surface area contributed by atoms with Gasteiger partial charge in [-0.3, -0.25) is 0 Å². The Morgan fingerprint density at radius 3 is 2.86 bits per heavy atom. The molecule has 5 nitrogen and oxygen atoms in total. The van der Waals surface area contributed by atoms with Crippen molar-refractivity contribution >= 4 is 17.6 Å². The number of amides is 2. The molecule has 0 spiro atoms. The van der Waals surface area contributed by atoms with Crippen LogP contribution in [0, 0.1) is 5.82 Å². The monoisotopic (exact) mass is 318 g/mol. The number of ether oxygens (including phenoxy) is 1. The second-order valence-corrected chi connectivity index (χ2v) is 5.13. The molecule has 0 bridgehead atoms. The molecule has 118 valence electrons. The van der Waals surface area contributed by atoms with Gasteiger partial charge >= 0.3 is 6.03 Å². The fourth-order valence-corrected chi connectivity index (χ4v) is 1.79. The van der Waals surface area contributed by atoms with E-state index in [4.69, 9.17) is 16.3 Å². The van der Waals surface area contributed by atoms with Gasteiger partial charge in [-0.15, -0.1) is 0 Å². The molecule has 0 aliphatic heterocycles. The Morgan fingerprint density at radius 1 is 1.52 bits per heavy atom. The van der Waals surface area contributed by atoms with Crippen LogP contribution in [0.25, 0.3) is 0 Å². The fourth-order valence-electron chi connectivity index (χ4n) is 1.67. The maximum absolute atomic E-state index is 13.3. The van der Waals surface area contributed by atoms with Crippen LogP contribution in [-0.4, -0.2) is 37.4 Å². The quantitative estimate of drug-likeness (QED) is 0.722. The molecular weight excluding hydrogens is 299 g/mol. The summed E-state index contributed by atoms with van der Waals surface area (Å²) in [6.07, 6.45) is -0.314. The number of aliphatic hydroxyl groups excluding tert-OH is 1. The standard InChI is InChI=1S/C14H20ClFN2O3/c1-9(5-6-21-2)18-14(20)17-8-13(19)10-3-4-11(15)12(16)7-10/h3-4,7,9,13,19H,5-6,8H2,1-2H3,(H2,17,18,20). The van der Waals surface area contributed by atoms with E-state index >= 15 is 0 Å². The lowest BCUT2D eigenvalue weighted by Gasteiger charge is -2.16. The molecule has 0 saturated heterocycles. The first-order valence-corrected chi connectivity index (χ1v) is 6.98. The first-order chi connectivity index (χ1) is 9.93. The van der Waals surface area contributed by atoms with E-state index in [2.05, 4.69) is 10.6 Å². The largest absolute Gasteiger partial charge is 0.387 e.